The molecule has 0 fully saturated rings. The van der Waals surface area contributed by atoms with Crippen LogP contribution in [0.15, 0.2) is 16.7 Å². The molecule has 1 aromatic rings. The number of rotatable bonds is 3. The monoisotopic (exact) mass is 171 g/mol. The van der Waals surface area contributed by atoms with Gasteiger partial charge in [0.2, 0.25) is 0 Å². The molecule has 0 atom stereocenters. The molecule has 0 spiro atoms. The number of hydrogen-bond acceptors (Lipinski definition) is 5. The maximum Gasteiger partial charge on any atom is 0.341 e. The molecule has 0 saturated carbocycles. The average molecular weight is 171 g/mol. The van der Waals surface area contributed by atoms with Gasteiger partial charge in [-0.1, -0.05) is 0 Å². The SMILES string of the molecule is COC(=O)c1coc(CNO)c1. The second kappa shape index (κ2) is 3.89. The summed E-state index contributed by atoms with van der Waals surface area (Å²) in [5, 5.41) is 8.30. The first-order valence-electron chi connectivity index (χ1n) is 3.30. The molecule has 0 aliphatic rings. The van der Waals surface area contributed by atoms with Crippen LogP contribution in [-0.2, 0) is 11.3 Å². The van der Waals surface area contributed by atoms with E-state index in [-0.39, 0.29) is 6.54 Å². The van der Waals surface area contributed by atoms with Crippen molar-refractivity contribution in [3.8, 4) is 0 Å². The fourth-order valence-corrected chi connectivity index (χ4v) is 0.776. The fourth-order valence-electron chi connectivity index (χ4n) is 0.776. The lowest BCUT2D eigenvalue weighted by Gasteiger charge is -1.91. The molecule has 5 nitrogen and oxygen atoms in total. The number of carbonyl (C=O) groups excluding carboxylic acids is 1. The Labute approximate surface area is 68.9 Å². The predicted molar refractivity (Wildman–Crippen MR) is 38.7 cm³/mol. The van der Waals surface area contributed by atoms with E-state index in [0.29, 0.717) is 11.3 Å². The van der Waals surface area contributed by atoms with E-state index in [4.69, 9.17) is 9.62 Å². The highest BCUT2D eigenvalue weighted by molar-refractivity contribution is 5.88. The molecule has 0 aromatic carbocycles. The van der Waals surface area contributed by atoms with Crippen LogP contribution in [0.3, 0.4) is 0 Å². The molecular weight excluding hydrogens is 162 g/mol. The van der Waals surface area contributed by atoms with Gasteiger partial charge < -0.3 is 14.4 Å². The molecule has 0 saturated heterocycles. The van der Waals surface area contributed by atoms with Crippen LogP contribution in [0, 0.1) is 0 Å². The number of hydrogen-bond donors (Lipinski definition) is 2. The summed E-state index contributed by atoms with van der Waals surface area (Å²) in [6.45, 7) is 0.164. The van der Waals surface area contributed by atoms with Gasteiger partial charge in [0.25, 0.3) is 0 Å². The van der Waals surface area contributed by atoms with Crippen molar-refractivity contribution in [2.75, 3.05) is 7.11 Å². The Morgan fingerprint density at radius 1 is 1.83 bits per heavy atom. The molecule has 0 bridgehead atoms. The predicted octanol–water partition coefficient (Wildman–Crippen LogP) is 0.545. The first-order chi connectivity index (χ1) is 5.77. The smallest absolute Gasteiger partial charge is 0.341 e. The van der Waals surface area contributed by atoms with Gasteiger partial charge in [-0.2, -0.15) is 5.48 Å². The molecule has 2 N–H and O–H groups in total. The van der Waals surface area contributed by atoms with Crippen LogP contribution >= 0.6 is 0 Å². The Bertz CT molecular complexity index is 268. The summed E-state index contributed by atoms with van der Waals surface area (Å²) in [6.07, 6.45) is 1.28. The van der Waals surface area contributed by atoms with Crippen LogP contribution in [0.25, 0.3) is 0 Å². The highest BCUT2D eigenvalue weighted by Crippen LogP contribution is 2.08. The van der Waals surface area contributed by atoms with Crippen molar-refractivity contribution in [3.05, 3.63) is 23.7 Å². The number of ether oxygens (including phenoxy) is 1. The lowest BCUT2D eigenvalue weighted by atomic mass is 10.3. The Morgan fingerprint density at radius 3 is 3.17 bits per heavy atom. The fraction of sp³-hybridized carbons (Fsp3) is 0.286. The van der Waals surface area contributed by atoms with Crippen LogP contribution in [-0.4, -0.2) is 18.3 Å². The topological polar surface area (TPSA) is 71.7 Å². The zero-order valence-corrected chi connectivity index (χ0v) is 6.53. The van der Waals surface area contributed by atoms with Gasteiger partial charge in [-0.25, -0.2) is 4.79 Å². The number of esters is 1. The van der Waals surface area contributed by atoms with E-state index in [1.54, 1.807) is 0 Å². The molecule has 66 valence electrons. The molecule has 0 amide bonds. The average Bonchev–Trinajstić information content (AvgIpc) is 2.52. The second-order valence-corrected chi connectivity index (χ2v) is 2.13. The number of nitrogens with one attached hydrogen (secondary N) is 1. The van der Waals surface area contributed by atoms with E-state index in [1.807, 2.05) is 5.48 Å². The molecule has 0 aliphatic carbocycles. The van der Waals surface area contributed by atoms with E-state index in [0.717, 1.165) is 0 Å². The van der Waals surface area contributed by atoms with Crippen molar-refractivity contribution >= 4 is 5.97 Å². The van der Waals surface area contributed by atoms with E-state index in [1.165, 1.54) is 19.4 Å². The van der Waals surface area contributed by atoms with Crippen molar-refractivity contribution in [3.63, 3.8) is 0 Å². The van der Waals surface area contributed by atoms with Crippen molar-refractivity contribution in [1.82, 2.24) is 5.48 Å². The van der Waals surface area contributed by atoms with Gasteiger partial charge in [0, 0.05) is 0 Å². The summed E-state index contributed by atoms with van der Waals surface area (Å²) in [4.78, 5) is 10.9. The maximum absolute atomic E-state index is 10.9. The first kappa shape index (κ1) is 8.76. The molecular formula is C7H9NO4. The minimum absolute atomic E-state index is 0.164. The third-order valence-corrected chi connectivity index (χ3v) is 1.33. The zero-order valence-electron chi connectivity index (χ0n) is 6.53. The third kappa shape index (κ3) is 1.84. The molecule has 1 aromatic heterocycles. The molecule has 0 radical (unpaired) electrons. The van der Waals surface area contributed by atoms with Gasteiger partial charge in [-0.15, -0.1) is 0 Å². The summed E-state index contributed by atoms with van der Waals surface area (Å²) in [6, 6.07) is 1.50. The quantitative estimate of drug-likeness (QED) is 0.513. The lowest BCUT2D eigenvalue weighted by molar-refractivity contribution is 0.0600. The summed E-state index contributed by atoms with van der Waals surface area (Å²) in [7, 11) is 1.29. The van der Waals surface area contributed by atoms with E-state index >= 15 is 0 Å². The maximum atomic E-state index is 10.9. The van der Waals surface area contributed by atoms with E-state index < -0.39 is 5.97 Å². The number of methoxy groups -OCH3 is 1. The normalized spacial score (nSPS) is 9.83. The molecule has 0 aliphatic heterocycles. The Kier molecular flexibility index (Phi) is 2.84. The molecule has 1 heterocycles. The van der Waals surface area contributed by atoms with E-state index in [2.05, 4.69) is 4.74 Å². The van der Waals surface area contributed by atoms with Crippen molar-refractivity contribution in [1.29, 1.82) is 0 Å². The Balaban J connectivity index is 2.70. The van der Waals surface area contributed by atoms with E-state index in [9.17, 15) is 4.79 Å². The minimum Gasteiger partial charge on any atom is -0.467 e. The highest BCUT2D eigenvalue weighted by atomic mass is 16.5. The van der Waals surface area contributed by atoms with Gasteiger partial charge in [0.1, 0.15) is 12.0 Å². The molecule has 5 heteroatoms. The minimum atomic E-state index is -0.456. The van der Waals surface area contributed by atoms with Crippen LogP contribution in [0.2, 0.25) is 0 Å². The number of furan rings is 1. The second-order valence-electron chi connectivity index (χ2n) is 2.13. The standard InChI is InChI=1S/C7H9NO4/c1-11-7(9)5-2-6(3-8-10)12-4-5/h2,4,8,10H,3H2,1H3. The summed E-state index contributed by atoms with van der Waals surface area (Å²) < 4.78 is 9.35. The van der Waals surface area contributed by atoms with Gasteiger partial charge in [-0.3, -0.25) is 0 Å². The third-order valence-electron chi connectivity index (χ3n) is 1.33. The summed E-state index contributed by atoms with van der Waals surface area (Å²) >= 11 is 0. The lowest BCUT2D eigenvalue weighted by Crippen LogP contribution is -2.05. The van der Waals surface area contributed by atoms with Gasteiger partial charge >= 0.3 is 5.97 Å². The summed E-state index contributed by atoms with van der Waals surface area (Å²) in [5.74, 6) is 0.0147. The summed E-state index contributed by atoms with van der Waals surface area (Å²) in [5.41, 5.74) is 2.24. The van der Waals surface area contributed by atoms with Gasteiger partial charge in [0.05, 0.1) is 19.2 Å². The highest BCUT2D eigenvalue weighted by Gasteiger charge is 2.08. The largest absolute Gasteiger partial charge is 0.467 e. The van der Waals surface area contributed by atoms with Crippen LogP contribution < -0.4 is 5.48 Å². The zero-order chi connectivity index (χ0) is 8.97. The number of hydroxylamine groups is 1. The molecule has 0 unspecified atom stereocenters. The molecule has 1 rings (SSSR count). The van der Waals surface area contributed by atoms with Crippen molar-refractivity contribution in [2.24, 2.45) is 0 Å². The van der Waals surface area contributed by atoms with Crippen LogP contribution in [0.1, 0.15) is 16.1 Å². The van der Waals surface area contributed by atoms with Crippen molar-refractivity contribution in [2.45, 2.75) is 6.54 Å². The van der Waals surface area contributed by atoms with Crippen LogP contribution in [0.4, 0.5) is 0 Å². The van der Waals surface area contributed by atoms with Gasteiger partial charge in [0.15, 0.2) is 0 Å². The van der Waals surface area contributed by atoms with Crippen molar-refractivity contribution < 1.29 is 19.2 Å². The number of carbonyl (C=O) groups is 1. The van der Waals surface area contributed by atoms with Gasteiger partial charge in [-0.05, 0) is 6.07 Å². The Morgan fingerprint density at radius 2 is 2.58 bits per heavy atom. The van der Waals surface area contributed by atoms with Crippen LogP contribution in [0.5, 0.6) is 0 Å². The first-order valence-corrected chi connectivity index (χ1v) is 3.30. The molecule has 12 heavy (non-hydrogen) atoms. The Hall–Kier alpha value is -1.33.